The van der Waals surface area contributed by atoms with Gasteiger partial charge < -0.3 is 10.4 Å². The Labute approximate surface area is 121 Å². The van der Waals surface area contributed by atoms with Gasteiger partial charge in [-0.3, -0.25) is 0 Å². The first kappa shape index (κ1) is 14.9. The minimum absolute atomic E-state index is 0.101. The zero-order chi connectivity index (χ0) is 15.4. The number of hydrogen-bond donors (Lipinski definition) is 2. The Morgan fingerprint density at radius 3 is 2.43 bits per heavy atom. The highest BCUT2D eigenvalue weighted by Gasteiger charge is 2.18. The van der Waals surface area contributed by atoms with Crippen LogP contribution in [0.4, 0.5) is 14.5 Å². The van der Waals surface area contributed by atoms with Crippen LogP contribution in [0.3, 0.4) is 0 Å². The van der Waals surface area contributed by atoms with Gasteiger partial charge in [0.05, 0.1) is 17.8 Å². The zero-order valence-electron chi connectivity index (χ0n) is 11.3. The lowest BCUT2D eigenvalue weighted by molar-refractivity contribution is 0.160. The van der Waals surface area contributed by atoms with E-state index in [0.29, 0.717) is 11.3 Å². The Bertz CT molecular complexity index is 665. The summed E-state index contributed by atoms with van der Waals surface area (Å²) in [5.74, 6) is -1.01. The molecule has 3 nitrogen and oxygen atoms in total. The standard InChI is InChI=1S/C16H14F2N2O/c1-10(16(21)11-5-7-12(17)8-6-11)20-15-4-2-3-14(18)13(15)9-19/h2-8,10,16,20-21H,1H3. The fourth-order valence-corrected chi connectivity index (χ4v) is 2.03. The average molecular weight is 288 g/mol. The maximum absolute atomic E-state index is 13.5. The van der Waals surface area contributed by atoms with Crippen molar-refractivity contribution >= 4 is 5.69 Å². The highest BCUT2D eigenvalue weighted by atomic mass is 19.1. The van der Waals surface area contributed by atoms with Crippen LogP contribution in [-0.4, -0.2) is 11.1 Å². The van der Waals surface area contributed by atoms with Crippen molar-refractivity contribution in [2.75, 3.05) is 5.32 Å². The number of aliphatic hydroxyl groups is 1. The van der Waals surface area contributed by atoms with E-state index < -0.39 is 18.0 Å². The first-order valence-electron chi connectivity index (χ1n) is 6.41. The van der Waals surface area contributed by atoms with Gasteiger partial charge in [-0.2, -0.15) is 5.26 Å². The number of benzene rings is 2. The summed E-state index contributed by atoms with van der Waals surface area (Å²) in [6, 6.07) is 11.0. The Kier molecular flexibility index (Phi) is 4.51. The van der Waals surface area contributed by atoms with Gasteiger partial charge in [-0.25, -0.2) is 8.78 Å². The molecule has 0 fully saturated rings. The second-order valence-corrected chi connectivity index (χ2v) is 4.70. The molecule has 0 aromatic heterocycles. The summed E-state index contributed by atoms with van der Waals surface area (Å²) < 4.78 is 26.4. The lowest BCUT2D eigenvalue weighted by Crippen LogP contribution is -2.24. The summed E-state index contributed by atoms with van der Waals surface area (Å²) in [5, 5.41) is 22.1. The molecule has 0 bridgehead atoms. The smallest absolute Gasteiger partial charge is 0.143 e. The molecule has 0 aliphatic carbocycles. The molecule has 0 amide bonds. The predicted molar refractivity (Wildman–Crippen MR) is 75.6 cm³/mol. The Balaban J connectivity index is 2.18. The number of nitriles is 1. The monoisotopic (exact) mass is 288 g/mol. The SMILES string of the molecule is CC(Nc1cccc(F)c1C#N)C(O)c1ccc(F)cc1. The number of aliphatic hydroxyl groups excluding tert-OH is 1. The van der Waals surface area contributed by atoms with E-state index in [4.69, 9.17) is 5.26 Å². The maximum Gasteiger partial charge on any atom is 0.143 e. The molecule has 5 heteroatoms. The second kappa shape index (κ2) is 6.33. The number of hydrogen-bond acceptors (Lipinski definition) is 3. The van der Waals surface area contributed by atoms with Crippen molar-refractivity contribution in [2.24, 2.45) is 0 Å². The first-order valence-corrected chi connectivity index (χ1v) is 6.41. The molecule has 0 heterocycles. The van der Waals surface area contributed by atoms with Gasteiger partial charge in [0, 0.05) is 0 Å². The molecule has 2 N–H and O–H groups in total. The Hall–Kier alpha value is -2.45. The van der Waals surface area contributed by atoms with Crippen LogP contribution in [0.5, 0.6) is 0 Å². The van der Waals surface area contributed by atoms with E-state index >= 15 is 0 Å². The summed E-state index contributed by atoms with van der Waals surface area (Å²) in [6.45, 7) is 1.69. The largest absolute Gasteiger partial charge is 0.386 e. The van der Waals surface area contributed by atoms with Gasteiger partial charge in [-0.05, 0) is 36.8 Å². The fourth-order valence-electron chi connectivity index (χ4n) is 2.03. The molecule has 2 unspecified atom stereocenters. The van der Waals surface area contributed by atoms with Crippen molar-refractivity contribution in [2.45, 2.75) is 19.1 Å². The molecule has 0 saturated carbocycles. The number of halogens is 2. The van der Waals surface area contributed by atoms with Crippen LogP contribution in [-0.2, 0) is 0 Å². The topological polar surface area (TPSA) is 56.0 Å². The third-order valence-corrected chi connectivity index (χ3v) is 3.19. The molecule has 0 aliphatic rings. The van der Waals surface area contributed by atoms with Gasteiger partial charge in [-0.1, -0.05) is 18.2 Å². The van der Waals surface area contributed by atoms with Crippen molar-refractivity contribution < 1.29 is 13.9 Å². The summed E-state index contributed by atoms with van der Waals surface area (Å²) in [4.78, 5) is 0. The van der Waals surface area contributed by atoms with Gasteiger partial charge in [0.15, 0.2) is 0 Å². The summed E-state index contributed by atoms with van der Waals surface area (Å²) in [6.07, 6.45) is -0.916. The summed E-state index contributed by atoms with van der Waals surface area (Å²) >= 11 is 0. The van der Waals surface area contributed by atoms with Gasteiger partial charge in [0.2, 0.25) is 0 Å². The summed E-state index contributed by atoms with van der Waals surface area (Å²) in [7, 11) is 0. The molecule has 0 aliphatic heterocycles. The lowest BCUT2D eigenvalue weighted by Gasteiger charge is -2.22. The van der Waals surface area contributed by atoms with Crippen molar-refractivity contribution in [1.29, 1.82) is 5.26 Å². The van der Waals surface area contributed by atoms with Crippen LogP contribution in [0.25, 0.3) is 0 Å². The molecule has 21 heavy (non-hydrogen) atoms. The molecule has 2 rings (SSSR count). The third-order valence-electron chi connectivity index (χ3n) is 3.19. The molecule has 0 saturated heterocycles. The van der Waals surface area contributed by atoms with Gasteiger partial charge in [0.25, 0.3) is 0 Å². The molecule has 2 aromatic carbocycles. The fraction of sp³-hybridized carbons (Fsp3) is 0.188. The maximum atomic E-state index is 13.5. The molecule has 0 spiro atoms. The predicted octanol–water partition coefficient (Wildman–Crippen LogP) is 3.37. The number of nitrogens with one attached hydrogen (secondary N) is 1. The lowest BCUT2D eigenvalue weighted by atomic mass is 10.0. The van der Waals surface area contributed by atoms with E-state index in [1.54, 1.807) is 19.1 Å². The summed E-state index contributed by atoms with van der Waals surface area (Å²) in [5.41, 5.74) is 0.744. The van der Waals surface area contributed by atoms with Crippen LogP contribution in [0.15, 0.2) is 42.5 Å². The van der Waals surface area contributed by atoms with E-state index in [-0.39, 0.29) is 11.4 Å². The molecule has 108 valence electrons. The first-order chi connectivity index (χ1) is 10.0. The quantitative estimate of drug-likeness (QED) is 0.907. The number of rotatable bonds is 4. The number of nitrogens with zero attached hydrogens (tertiary/aromatic N) is 1. The van der Waals surface area contributed by atoms with E-state index in [9.17, 15) is 13.9 Å². The molecule has 0 radical (unpaired) electrons. The van der Waals surface area contributed by atoms with Crippen LogP contribution in [0, 0.1) is 23.0 Å². The van der Waals surface area contributed by atoms with E-state index in [1.807, 2.05) is 0 Å². The van der Waals surface area contributed by atoms with Crippen molar-refractivity contribution in [3.05, 3.63) is 65.2 Å². The highest BCUT2D eigenvalue weighted by molar-refractivity contribution is 5.58. The van der Waals surface area contributed by atoms with Crippen molar-refractivity contribution in [1.82, 2.24) is 0 Å². The molecular weight excluding hydrogens is 274 g/mol. The Morgan fingerprint density at radius 2 is 1.81 bits per heavy atom. The van der Waals surface area contributed by atoms with Crippen molar-refractivity contribution in [3.8, 4) is 6.07 Å². The zero-order valence-corrected chi connectivity index (χ0v) is 11.3. The van der Waals surface area contributed by atoms with E-state index in [1.165, 1.54) is 36.4 Å². The van der Waals surface area contributed by atoms with Crippen LogP contribution in [0.2, 0.25) is 0 Å². The van der Waals surface area contributed by atoms with Gasteiger partial charge in [0.1, 0.15) is 23.3 Å². The average Bonchev–Trinajstić information content (AvgIpc) is 2.47. The Morgan fingerprint density at radius 1 is 1.14 bits per heavy atom. The van der Waals surface area contributed by atoms with Crippen molar-refractivity contribution in [3.63, 3.8) is 0 Å². The molecule has 2 atom stereocenters. The van der Waals surface area contributed by atoms with Crippen LogP contribution >= 0.6 is 0 Å². The van der Waals surface area contributed by atoms with Gasteiger partial charge in [-0.15, -0.1) is 0 Å². The third kappa shape index (κ3) is 3.36. The van der Waals surface area contributed by atoms with Crippen LogP contribution < -0.4 is 5.32 Å². The second-order valence-electron chi connectivity index (χ2n) is 4.70. The molecular formula is C16H14F2N2O. The normalized spacial score (nSPS) is 13.3. The minimum Gasteiger partial charge on any atom is -0.386 e. The van der Waals surface area contributed by atoms with Crippen LogP contribution in [0.1, 0.15) is 24.2 Å². The highest BCUT2D eigenvalue weighted by Crippen LogP contribution is 2.23. The molecule has 2 aromatic rings. The minimum atomic E-state index is -0.916. The van der Waals surface area contributed by atoms with E-state index in [0.717, 1.165) is 0 Å². The van der Waals surface area contributed by atoms with Gasteiger partial charge >= 0.3 is 0 Å². The number of anilines is 1. The van der Waals surface area contributed by atoms with E-state index in [2.05, 4.69) is 5.32 Å².